The molecule has 0 saturated carbocycles. The number of carbonyl (C=O) groups excluding carboxylic acids is 1. The van der Waals surface area contributed by atoms with E-state index in [1.807, 2.05) is 32.9 Å². The Morgan fingerprint density at radius 2 is 2.12 bits per heavy atom. The molecule has 1 saturated heterocycles. The molecule has 0 aliphatic carbocycles. The molecule has 2 aliphatic heterocycles. The lowest BCUT2D eigenvalue weighted by molar-refractivity contribution is -0.0510. The van der Waals surface area contributed by atoms with E-state index in [-0.39, 0.29) is 18.2 Å². The Hall–Kier alpha value is -2.52. The Labute approximate surface area is 153 Å². The Morgan fingerprint density at radius 1 is 1.35 bits per heavy atom. The third-order valence-electron chi connectivity index (χ3n) is 4.50. The highest BCUT2D eigenvalue weighted by atomic mass is 16.6. The van der Waals surface area contributed by atoms with E-state index >= 15 is 0 Å². The molecule has 1 amide bonds. The average molecular weight is 356 g/mol. The lowest BCUT2D eigenvalue weighted by Gasteiger charge is -2.44. The van der Waals surface area contributed by atoms with Gasteiger partial charge in [0.25, 0.3) is 0 Å². The number of methoxy groups -OCH3 is 1. The van der Waals surface area contributed by atoms with Gasteiger partial charge >= 0.3 is 6.09 Å². The smallest absolute Gasteiger partial charge is 0.411 e. The summed E-state index contributed by atoms with van der Waals surface area (Å²) >= 11 is 0. The maximum Gasteiger partial charge on any atom is 0.411 e. The van der Waals surface area contributed by atoms with Crippen LogP contribution in [0.3, 0.4) is 0 Å². The van der Waals surface area contributed by atoms with Crippen LogP contribution in [-0.4, -0.2) is 49.0 Å². The van der Waals surface area contributed by atoms with E-state index in [0.717, 1.165) is 11.1 Å². The number of nitriles is 1. The second kappa shape index (κ2) is 7.00. The van der Waals surface area contributed by atoms with Gasteiger partial charge in [-0.15, -0.1) is 0 Å². The summed E-state index contributed by atoms with van der Waals surface area (Å²) < 4.78 is 16.5. The Morgan fingerprint density at radius 3 is 2.73 bits per heavy atom. The minimum atomic E-state index is -0.531. The zero-order valence-electron chi connectivity index (χ0n) is 15.6. The molecule has 1 aromatic rings. The monoisotopic (exact) mass is 356 g/mol. The number of rotatable bonds is 2. The molecular weight excluding hydrogens is 332 g/mol. The first kappa shape index (κ1) is 18.3. The highest BCUT2D eigenvalue weighted by molar-refractivity contribution is 5.75. The largest absolute Gasteiger partial charge is 0.495 e. The van der Waals surface area contributed by atoms with E-state index < -0.39 is 5.60 Å². The SMILES string of the molecule is COc1cc(C2=CC3COCC(C2)N3C(=O)OC(C)(C)C)ccc1C#N. The number of ether oxygens (including phenoxy) is 3. The Kier molecular flexibility index (Phi) is 4.92. The molecule has 0 aromatic heterocycles. The third-order valence-corrected chi connectivity index (χ3v) is 4.50. The van der Waals surface area contributed by atoms with Crippen LogP contribution in [0.1, 0.15) is 38.3 Å². The quantitative estimate of drug-likeness (QED) is 0.812. The van der Waals surface area contributed by atoms with Crippen LogP contribution in [0.25, 0.3) is 5.57 Å². The molecule has 2 heterocycles. The van der Waals surface area contributed by atoms with E-state index in [9.17, 15) is 4.79 Å². The van der Waals surface area contributed by atoms with Gasteiger partial charge in [-0.05, 0) is 50.5 Å². The van der Waals surface area contributed by atoms with Crippen LogP contribution in [0.2, 0.25) is 0 Å². The predicted molar refractivity (Wildman–Crippen MR) is 96.8 cm³/mol. The number of amides is 1. The van der Waals surface area contributed by atoms with Crippen LogP contribution in [0.4, 0.5) is 4.79 Å². The van der Waals surface area contributed by atoms with Crippen molar-refractivity contribution in [3.63, 3.8) is 0 Å². The molecule has 2 unspecified atom stereocenters. The van der Waals surface area contributed by atoms with Gasteiger partial charge in [-0.1, -0.05) is 12.1 Å². The van der Waals surface area contributed by atoms with Crippen LogP contribution in [-0.2, 0) is 9.47 Å². The molecule has 2 bridgehead atoms. The summed E-state index contributed by atoms with van der Waals surface area (Å²) in [7, 11) is 1.56. The molecule has 1 aromatic carbocycles. The predicted octanol–water partition coefficient (Wildman–Crippen LogP) is 3.36. The fourth-order valence-electron chi connectivity index (χ4n) is 3.39. The lowest BCUT2D eigenvalue weighted by Crippen LogP contribution is -2.57. The van der Waals surface area contributed by atoms with Gasteiger partial charge < -0.3 is 14.2 Å². The lowest BCUT2D eigenvalue weighted by atomic mass is 9.89. The summed E-state index contributed by atoms with van der Waals surface area (Å²) in [6, 6.07) is 7.47. The van der Waals surface area contributed by atoms with Gasteiger partial charge in [0.15, 0.2) is 0 Å². The molecule has 0 radical (unpaired) electrons. The zero-order chi connectivity index (χ0) is 18.9. The average Bonchev–Trinajstić information content (AvgIpc) is 2.58. The number of hydrogen-bond donors (Lipinski definition) is 0. The summed E-state index contributed by atoms with van der Waals surface area (Å²) in [4.78, 5) is 14.4. The summed E-state index contributed by atoms with van der Waals surface area (Å²) in [6.07, 6.45) is 2.43. The molecule has 0 spiro atoms. The number of hydrogen-bond acceptors (Lipinski definition) is 5. The van der Waals surface area contributed by atoms with Crippen molar-refractivity contribution in [1.29, 1.82) is 5.26 Å². The van der Waals surface area contributed by atoms with Crippen molar-refractivity contribution in [2.45, 2.75) is 44.9 Å². The maximum atomic E-state index is 12.6. The van der Waals surface area contributed by atoms with Crippen molar-refractivity contribution in [3.05, 3.63) is 35.4 Å². The van der Waals surface area contributed by atoms with Crippen molar-refractivity contribution in [2.24, 2.45) is 0 Å². The first-order valence-electron chi connectivity index (χ1n) is 8.70. The van der Waals surface area contributed by atoms with E-state index in [1.54, 1.807) is 18.1 Å². The van der Waals surface area contributed by atoms with E-state index in [1.165, 1.54) is 0 Å². The van der Waals surface area contributed by atoms with Gasteiger partial charge in [0, 0.05) is 0 Å². The van der Waals surface area contributed by atoms with Crippen molar-refractivity contribution < 1.29 is 19.0 Å². The first-order chi connectivity index (χ1) is 12.3. The highest BCUT2D eigenvalue weighted by Crippen LogP contribution is 2.35. The fourth-order valence-corrected chi connectivity index (χ4v) is 3.39. The molecule has 2 atom stereocenters. The van der Waals surface area contributed by atoms with E-state index in [0.29, 0.717) is 30.9 Å². The van der Waals surface area contributed by atoms with Crippen molar-refractivity contribution >= 4 is 11.7 Å². The number of morpholine rings is 1. The number of fused-ring (bicyclic) bond motifs is 2. The number of carbonyl (C=O) groups is 1. The number of benzene rings is 1. The first-order valence-corrected chi connectivity index (χ1v) is 8.70. The third kappa shape index (κ3) is 3.68. The summed E-state index contributed by atoms with van der Waals surface area (Å²) in [5, 5.41) is 9.15. The molecule has 2 aliphatic rings. The van der Waals surface area contributed by atoms with Crippen LogP contribution in [0.5, 0.6) is 5.75 Å². The molecule has 26 heavy (non-hydrogen) atoms. The van der Waals surface area contributed by atoms with Gasteiger partial charge in [-0.25, -0.2) is 4.79 Å². The normalized spacial score (nSPS) is 22.3. The fraction of sp³-hybridized carbons (Fsp3) is 0.500. The van der Waals surface area contributed by atoms with Gasteiger partial charge in [0.2, 0.25) is 0 Å². The minimum Gasteiger partial charge on any atom is -0.495 e. The van der Waals surface area contributed by atoms with Crippen molar-refractivity contribution in [1.82, 2.24) is 4.90 Å². The number of nitrogens with zero attached hydrogens (tertiary/aromatic N) is 2. The summed E-state index contributed by atoms with van der Waals surface area (Å²) in [6.45, 7) is 6.54. The molecule has 3 rings (SSSR count). The van der Waals surface area contributed by atoms with Crippen LogP contribution >= 0.6 is 0 Å². The minimum absolute atomic E-state index is 0.0646. The van der Waals surface area contributed by atoms with E-state index in [4.69, 9.17) is 19.5 Å². The van der Waals surface area contributed by atoms with Gasteiger partial charge in [-0.2, -0.15) is 5.26 Å². The summed E-state index contributed by atoms with van der Waals surface area (Å²) in [5.74, 6) is 0.557. The van der Waals surface area contributed by atoms with Crippen LogP contribution in [0.15, 0.2) is 24.3 Å². The zero-order valence-corrected chi connectivity index (χ0v) is 15.6. The summed E-state index contributed by atoms with van der Waals surface area (Å²) in [5.41, 5.74) is 2.11. The maximum absolute atomic E-state index is 12.6. The topological polar surface area (TPSA) is 71.8 Å². The highest BCUT2D eigenvalue weighted by Gasteiger charge is 2.40. The van der Waals surface area contributed by atoms with Gasteiger partial charge in [0.1, 0.15) is 17.4 Å². The molecule has 1 fully saturated rings. The standard InChI is InChI=1S/C20H24N2O4/c1-20(2,3)26-19(23)22-16-7-15(8-17(22)12-25-11-16)13-5-6-14(10-21)18(9-13)24-4/h5-7,9,16-17H,8,11-12H2,1-4H3. The molecule has 138 valence electrons. The second-order valence-corrected chi connectivity index (χ2v) is 7.57. The van der Waals surface area contributed by atoms with Crippen molar-refractivity contribution in [2.75, 3.05) is 20.3 Å². The Balaban J connectivity index is 1.89. The van der Waals surface area contributed by atoms with Gasteiger partial charge in [0.05, 0.1) is 38.0 Å². The van der Waals surface area contributed by atoms with Gasteiger partial charge in [-0.3, -0.25) is 4.90 Å². The molecule has 6 heteroatoms. The molecular formula is C20H24N2O4. The molecule has 6 nitrogen and oxygen atoms in total. The van der Waals surface area contributed by atoms with E-state index in [2.05, 4.69) is 12.1 Å². The van der Waals surface area contributed by atoms with Crippen molar-refractivity contribution in [3.8, 4) is 11.8 Å². The van der Waals surface area contributed by atoms with Crippen LogP contribution < -0.4 is 4.74 Å². The second-order valence-electron chi connectivity index (χ2n) is 7.57. The molecule has 0 N–H and O–H groups in total. The van der Waals surface area contributed by atoms with Crippen LogP contribution in [0, 0.1) is 11.3 Å². The Bertz CT molecular complexity index is 773.